The Bertz CT molecular complexity index is 655. The molecule has 0 atom stereocenters. The first kappa shape index (κ1) is 23.6. The average molecular weight is 393 g/mol. The normalized spacial score (nSPS) is 12.2. The van der Waals surface area contributed by atoms with Gasteiger partial charge in [0.25, 0.3) is 0 Å². The maximum Gasteiger partial charge on any atom is 0.327 e. The van der Waals surface area contributed by atoms with Crippen molar-refractivity contribution >= 4 is 17.9 Å². The molecule has 156 valence electrons. The van der Waals surface area contributed by atoms with Gasteiger partial charge >= 0.3 is 17.9 Å². The number of benzene rings is 1. The zero-order chi connectivity index (χ0) is 21.6. The van der Waals surface area contributed by atoms with Gasteiger partial charge in [0.2, 0.25) is 0 Å². The predicted molar refractivity (Wildman–Crippen MR) is 104 cm³/mol. The monoisotopic (exact) mass is 393 g/mol. The van der Waals surface area contributed by atoms with Crippen molar-refractivity contribution in [2.75, 3.05) is 0 Å². The summed E-state index contributed by atoms with van der Waals surface area (Å²) >= 11 is 0. The fraction of sp³-hybridized carbons (Fsp3) is 0.571. The minimum Gasteiger partial charge on any atom is -0.460 e. The quantitative estimate of drug-likeness (QED) is 0.561. The van der Waals surface area contributed by atoms with E-state index < -0.39 is 47.5 Å². The molecule has 28 heavy (non-hydrogen) atoms. The first-order valence-electron chi connectivity index (χ1n) is 9.14. The number of carbonyl (C=O) groups is 3. The van der Waals surface area contributed by atoms with E-state index in [2.05, 4.69) is 0 Å². The highest BCUT2D eigenvalue weighted by molar-refractivity contribution is 5.91. The van der Waals surface area contributed by atoms with Crippen LogP contribution in [0.3, 0.4) is 0 Å². The van der Waals surface area contributed by atoms with Gasteiger partial charge in [-0.15, -0.1) is 0 Å². The van der Waals surface area contributed by atoms with Crippen LogP contribution in [0.15, 0.2) is 30.3 Å². The Morgan fingerprint density at radius 3 is 1.64 bits per heavy atom. The molecule has 0 amide bonds. The second kappa shape index (κ2) is 9.19. The van der Waals surface area contributed by atoms with E-state index in [0.29, 0.717) is 0 Å². The largest absolute Gasteiger partial charge is 0.460 e. The van der Waals surface area contributed by atoms with Crippen LogP contribution in [0.2, 0.25) is 0 Å². The Morgan fingerprint density at radius 2 is 1.25 bits per heavy atom. The Hall–Kier alpha value is -2.41. The summed E-state index contributed by atoms with van der Waals surface area (Å²) in [6, 6.07) is 9.02. The van der Waals surface area contributed by atoms with Crippen molar-refractivity contribution in [2.24, 2.45) is 5.73 Å². The molecule has 0 saturated heterocycles. The fourth-order valence-corrected chi connectivity index (χ4v) is 2.34. The number of ether oxygens (including phenoxy) is 3. The summed E-state index contributed by atoms with van der Waals surface area (Å²) < 4.78 is 15.8. The second-order valence-corrected chi connectivity index (χ2v) is 8.74. The summed E-state index contributed by atoms with van der Waals surface area (Å²) in [5, 5.41) is 0. The van der Waals surface area contributed by atoms with Crippen molar-refractivity contribution in [3.05, 3.63) is 35.9 Å². The minimum atomic E-state index is -1.89. The van der Waals surface area contributed by atoms with Crippen LogP contribution in [0.4, 0.5) is 0 Å². The lowest BCUT2D eigenvalue weighted by Crippen LogP contribution is -2.53. The number of rotatable bonds is 7. The predicted octanol–water partition coefficient (Wildman–Crippen LogP) is 2.89. The molecule has 0 aliphatic heterocycles. The molecule has 0 unspecified atom stereocenters. The highest BCUT2D eigenvalue weighted by Gasteiger charge is 2.42. The number of esters is 3. The highest BCUT2D eigenvalue weighted by atomic mass is 16.6. The van der Waals surface area contributed by atoms with Gasteiger partial charge in [0.15, 0.2) is 0 Å². The third kappa shape index (κ3) is 8.99. The van der Waals surface area contributed by atoms with Crippen LogP contribution >= 0.6 is 0 Å². The van der Waals surface area contributed by atoms with Crippen molar-refractivity contribution in [2.45, 2.75) is 77.7 Å². The Labute approximate surface area is 166 Å². The van der Waals surface area contributed by atoms with Crippen LogP contribution < -0.4 is 5.73 Å². The highest BCUT2D eigenvalue weighted by Crippen LogP contribution is 2.21. The van der Waals surface area contributed by atoms with E-state index >= 15 is 0 Å². The van der Waals surface area contributed by atoms with Gasteiger partial charge in [0.1, 0.15) is 23.3 Å². The van der Waals surface area contributed by atoms with E-state index in [1.165, 1.54) is 0 Å². The lowest BCUT2D eigenvalue weighted by molar-refractivity contribution is -0.168. The van der Waals surface area contributed by atoms with Gasteiger partial charge in [-0.2, -0.15) is 0 Å². The van der Waals surface area contributed by atoms with Gasteiger partial charge in [-0.3, -0.25) is 14.4 Å². The van der Waals surface area contributed by atoms with Gasteiger partial charge in [-0.1, -0.05) is 30.3 Å². The summed E-state index contributed by atoms with van der Waals surface area (Å²) in [4.78, 5) is 37.2. The molecule has 1 rings (SSSR count). The molecule has 0 spiro atoms. The van der Waals surface area contributed by atoms with E-state index in [1.54, 1.807) is 65.8 Å². The molecule has 7 nitrogen and oxygen atoms in total. The first-order chi connectivity index (χ1) is 12.7. The van der Waals surface area contributed by atoms with Crippen molar-refractivity contribution < 1.29 is 28.6 Å². The Morgan fingerprint density at radius 1 is 0.821 bits per heavy atom. The van der Waals surface area contributed by atoms with Gasteiger partial charge in [-0.05, 0) is 47.1 Å². The SMILES string of the molecule is CC(C)(C)OC(=O)CC(N)(CC(=O)OC(C)(C)C)C(=O)OCc1ccccc1. The van der Waals surface area contributed by atoms with Crippen LogP contribution in [0, 0.1) is 0 Å². The van der Waals surface area contributed by atoms with Gasteiger partial charge in [0.05, 0.1) is 12.8 Å². The molecule has 1 aromatic carbocycles. The van der Waals surface area contributed by atoms with Crippen LogP contribution in [-0.4, -0.2) is 34.6 Å². The molecule has 0 aromatic heterocycles. The summed E-state index contributed by atoms with van der Waals surface area (Å²) in [5.41, 5.74) is 3.53. The van der Waals surface area contributed by atoms with E-state index in [0.717, 1.165) is 5.56 Å². The smallest absolute Gasteiger partial charge is 0.327 e. The number of nitrogens with two attached hydrogens (primary N) is 1. The standard InChI is InChI=1S/C21H31NO6/c1-19(2,3)27-16(23)12-21(22,13-17(24)28-20(4,5)6)18(25)26-14-15-10-8-7-9-11-15/h7-11H,12-14,22H2,1-6H3. The fourth-order valence-electron chi connectivity index (χ4n) is 2.34. The minimum absolute atomic E-state index is 0.0265. The van der Waals surface area contributed by atoms with E-state index in [1.807, 2.05) is 6.07 Å². The lowest BCUT2D eigenvalue weighted by Gasteiger charge is -2.29. The molecule has 2 N–H and O–H groups in total. The average Bonchev–Trinajstić information content (AvgIpc) is 2.49. The molecule has 0 saturated carbocycles. The third-order valence-electron chi connectivity index (χ3n) is 3.38. The summed E-state index contributed by atoms with van der Waals surface area (Å²) in [7, 11) is 0. The molecule has 0 aliphatic rings. The molecule has 0 aliphatic carbocycles. The molecular formula is C21H31NO6. The number of carbonyl (C=O) groups excluding carboxylic acids is 3. The molecule has 0 fully saturated rings. The molecular weight excluding hydrogens is 362 g/mol. The van der Waals surface area contributed by atoms with Crippen molar-refractivity contribution in [1.29, 1.82) is 0 Å². The Balaban J connectivity index is 2.92. The lowest BCUT2D eigenvalue weighted by atomic mass is 9.92. The maximum absolute atomic E-state index is 12.7. The topological polar surface area (TPSA) is 105 Å². The number of hydrogen-bond donors (Lipinski definition) is 1. The molecule has 0 bridgehead atoms. The van der Waals surface area contributed by atoms with Gasteiger partial charge in [0, 0.05) is 0 Å². The van der Waals surface area contributed by atoms with E-state index in [4.69, 9.17) is 19.9 Å². The zero-order valence-corrected chi connectivity index (χ0v) is 17.5. The van der Waals surface area contributed by atoms with Gasteiger partial charge < -0.3 is 19.9 Å². The summed E-state index contributed by atoms with van der Waals surface area (Å²) in [5.74, 6) is -2.27. The maximum atomic E-state index is 12.7. The Kier molecular flexibility index (Phi) is 7.75. The van der Waals surface area contributed by atoms with Crippen LogP contribution in [0.25, 0.3) is 0 Å². The van der Waals surface area contributed by atoms with E-state index in [9.17, 15) is 14.4 Å². The van der Waals surface area contributed by atoms with Crippen LogP contribution in [-0.2, 0) is 35.2 Å². The summed E-state index contributed by atoms with van der Waals surface area (Å²) in [6.45, 7) is 10.2. The molecule has 7 heteroatoms. The van der Waals surface area contributed by atoms with Crippen molar-refractivity contribution in [3.8, 4) is 0 Å². The second-order valence-electron chi connectivity index (χ2n) is 8.74. The van der Waals surface area contributed by atoms with Crippen LogP contribution in [0.5, 0.6) is 0 Å². The van der Waals surface area contributed by atoms with Crippen LogP contribution in [0.1, 0.15) is 59.9 Å². The zero-order valence-electron chi connectivity index (χ0n) is 17.5. The number of hydrogen-bond acceptors (Lipinski definition) is 7. The van der Waals surface area contributed by atoms with Gasteiger partial charge in [-0.25, -0.2) is 0 Å². The van der Waals surface area contributed by atoms with Crippen molar-refractivity contribution in [3.63, 3.8) is 0 Å². The van der Waals surface area contributed by atoms with Crippen molar-refractivity contribution in [1.82, 2.24) is 0 Å². The molecule has 0 radical (unpaired) electrons. The summed E-state index contributed by atoms with van der Waals surface area (Å²) in [6.07, 6.45) is -1.01. The molecule has 1 aromatic rings. The molecule has 0 heterocycles. The van der Waals surface area contributed by atoms with E-state index in [-0.39, 0.29) is 6.61 Å². The first-order valence-corrected chi connectivity index (χ1v) is 9.14. The third-order valence-corrected chi connectivity index (χ3v) is 3.38.